The van der Waals surface area contributed by atoms with Gasteiger partial charge in [0.2, 0.25) is 0 Å². The highest BCUT2D eigenvalue weighted by atomic mass is 32.1. The number of carbonyl (C=O) groups is 2. The second-order valence-corrected chi connectivity index (χ2v) is 8.92. The molecule has 0 saturated heterocycles. The van der Waals surface area contributed by atoms with Crippen molar-refractivity contribution in [3.8, 4) is 21.8 Å². The largest absolute Gasteiger partial charge is 0.466 e. The molecule has 0 saturated carbocycles. The lowest BCUT2D eigenvalue weighted by atomic mass is 9.78. The number of esters is 2. The molecule has 1 aromatic heterocycles. The van der Waals surface area contributed by atoms with E-state index in [9.17, 15) is 9.59 Å². The molecule has 2 aromatic carbocycles. The zero-order valence-corrected chi connectivity index (χ0v) is 20.6. The molecule has 0 fully saturated rings. The summed E-state index contributed by atoms with van der Waals surface area (Å²) in [6.07, 6.45) is 0. The molecule has 1 aliphatic rings. The quantitative estimate of drug-likeness (QED) is 0.501. The highest BCUT2D eigenvalue weighted by Crippen LogP contribution is 2.44. The molecule has 0 amide bonds. The van der Waals surface area contributed by atoms with Gasteiger partial charge in [-0.3, -0.25) is 0 Å². The number of dihydropyridines is 1. The Labute approximate surface area is 202 Å². The number of aryl methyl sites for hydroxylation is 1. The molecular formula is C27H26N2O4S. The van der Waals surface area contributed by atoms with Gasteiger partial charge in [0.05, 0.1) is 37.0 Å². The number of hydrogen-bond donors (Lipinski definition) is 1. The van der Waals surface area contributed by atoms with Crippen LogP contribution in [-0.2, 0) is 19.1 Å². The molecule has 6 nitrogen and oxygen atoms in total. The molecule has 0 atom stereocenters. The Morgan fingerprint density at radius 3 is 2.00 bits per heavy atom. The van der Waals surface area contributed by atoms with E-state index >= 15 is 0 Å². The van der Waals surface area contributed by atoms with Crippen LogP contribution in [0.5, 0.6) is 0 Å². The van der Waals surface area contributed by atoms with E-state index in [2.05, 4.69) is 24.4 Å². The predicted molar refractivity (Wildman–Crippen MR) is 133 cm³/mol. The average molecular weight is 475 g/mol. The van der Waals surface area contributed by atoms with E-state index in [-0.39, 0.29) is 0 Å². The molecule has 7 heteroatoms. The Kier molecular flexibility index (Phi) is 6.65. The Morgan fingerprint density at radius 1 is 0.853 bits per heavy atom. The summed E-state index contributed by atoms with van der Waals surface area (Å²) >= 11 is 1.53. The topological polar surface area (TPSA) is 77.5 Å². The van der Waals surface area contributed by atoms with Crippen molar-refractivity contribution in [2.24, 2.45) is 0 Å². The van der Waals surface area contributed by atoms with Crippen LogP contribution in [-0.4, -0.2) is 31.1 Å². The van der Waals surface area contributed by atoms with E-state index in [0.29, 0.717) is 22.5 Å². The third-order valence-electron chi connectivity index (χ3n) is 6.00. The molecule has 4 rings (SSSR count). The third kappa shape index (κ3) is 4.15. The SMILES string of the molecule is COC(=O)C1=C(C)NC(C)=C(C(=O)OC)C1c1ccccc1-c1nc(-c2ccccc2C)cs1. The molecule has 1 aliphatic heterocycles. The number of nitrogens with zero attached hydrogens (tertiary/aromatic N) is 1. The van der Waals surface area contributed by atoms with Crippen molar-refractivity contribution in [2.45, 2.75) is 26.7 Å². The van der Waals surface area contributed by atoms with Gasteiger partial charge in [0.1, 0.15) is 5.01 Å². The van der Waals surface area contributed by atoms with Gasteiger partial charge < -0.3 is 14.8 Å². The normalized spacial score (nSPS) is 14.1. The number of nitrogens with one attached hydrogen (secondary N) is 1. The minimum absolute atomic E-state index is 0.372. The van der Waals surface area contributed by atoms with Crippen LogP contribution in [0.4, 0.5) is 0 Å². The van der Waals surface area contributed by atoms with Crippen LogP contribution in [0.2, 0.25) is 0 Å². The van der Waals surface area contributed by atoms with Crippen LogP contribution in [0.1, 0.15) is 30.9 Å². The first kappa shape index (κ1) is 23.4. The number of ether oxygens (including phenoxy) is 2. The molecule has 2 heterocycles. The minimum Gasteiger partial charge on any atom is -0.466 e. The third-order valence-corrected chi connectivity index (χ3v) is 6.87. The van der Waals surface area contributed by atoms with Gasteiger partial charge in [0, 0.05) is 27.9 Å². The van der Waals surface area contributed by atoms with Crippen LogP contribution >= 0.6 is 11.3 Å². The molecular weight excluding hydrogens is 448 g/mol. The maximum absolute atomic E-state index is 12.9. The highest BCUT2D eigenvalue weighted by molar-refractivity contribution is 7.13. The van der Waals surface area contributed by atoms with Gasteiger partial charge in [-0.05, 0) is 31.9 Å². The van der Waals surface area contributed by atoms with Crippen molar-refractivity contribution < 1.29 is 19.1 Å². The number of methoxy groups -OCH3 is 2. The van der Waals surface area contributed by atoms with Gasteiger partial charge in [0.15, 0.2) is 0 Å². The minimum atomic E-state index is -0.664. The summed E-state index contributed by atoms with van der Waals surface area (Å²) < 4.78 is 10.2. The van der Waals surface area contributed by atoms with Crippen LogP contribution in [0.3, 0.4) is 0 Å². The lowest BCUT2D eigenvalue weighted by Crippen LogP contribution is -2.32. The zero-order valence-electron chi connectivity index (χ0n) is 19.8. The van der Waals surface area contributed by atoms with Crippen LogP contribution in [0.25, 0.3) is 21.8 Å². The molecule has 174 valence electrons. The monoisotopic (exact) mass is 474 g/mol. The fourth-order valence-corrected chi connectivity index (χ4v) is 5.26. The van der Waals surface area contributed by atoms with E-state index in [1.165, 1.54) is 25.6 Å². The number of hydrogen-bond acceptors (Lipinski definition) is 7. The van der Waals surface area contributed by atoms with Gasteiger partial charge in [-0.15, -0.1) is 11.3 Å². The van der Waals surface area contributed by atoms with Crippen molar-refractivity contribution in [1.29, 1.82) is 0 Å². The molecule has 3 aromatic rings. The number of allylic oxidation sites excluding steroid dienone is 2. The Balaban J connectivity index is 1.91. The van der Waals surface area contributed by atoms with Gasteiger partial charge in [0.25, 0.3) is 0 Å². The van der Waals surface area contributed by atoms with Crippen LogP contribution in [0.15, 0.2) is 76.5 Å². The lowest BCUT2D eigenvalue weighted by molar-refractivity contribution is -0.137. The zero-order chi connectivity index (χ0) is 24.4. The summed E-state index contributed by atoms with van der Waals surface area (Å²) in [4.78, 5) is 30.7. The molecule has 34 heavy (non-hydrogen) atoms. The molecule has 0 bridgehead atoms. The summed E-state index contributed by atoms with van der Waals surface area (Å²) in [5.74, 6) is -1.67. The smallest absolute Gasteiger partial charge is 0.336 e. The predicted octanol–water partition coefficient (Wildman–Crippen LogP) is 5.37. The second-order valence-electron chi connectivity index (χ2n) is 8.06. The highest BCUT2D eigenvalue weighted by Gasteiger charge is 2.38. The average Bonchev–Trinajstić information content (AvgIpc) is 3.33. The number of aromatic nitrogens is 1. The number of rotatable bonds is 5. The van der Waals surface area contributed by atoms with E-state index < -0.39 is 17.9 Å². The summed E-state index contributed by atoms with van der Waals surface area (Å²) in [5.41, 5.74) is 6.75. The Hall–Kier alpha value is -3.71. The Bertz CT molecular complexity index is 1300. The lowest BCUT2D eigenvalue weighted by Gasteiger charge is -2.31. The van der Waals surface area contributed by atoms with Crippen LogP contribution < -0.4 is 5.32 Å². The standard InChI is InChI=1S/C27H26N2O4S/c1-15-10-6-7-11-18(15)21-14-34-25(29-21)20-13-9-8-12-19(20)24-22(26(30)32-4)16(2)28-17(3)23(24)27(31)33-5/h6-14,24,28H,1-5H3. The fraction of sp³-hybridized carbons (Fsp3) is 0.222. The van der Waals surface area contributed by atoms with Crippen molar-refractivity contribution in [3.63, 3.8) is 0 Å². The van der Waals surface area contributed by atoms with Gasteiger partial charge >= 0.3 is 11.9 Å². The Morgan fingerprint density at radius 2 is 1.41 bits per heavy atom. The number of benzene rings is 2. The van der Waals surface area contributed by atoms with E-state index in [4.69, 9.17) is 14.5 Å². The number of thiazole rings is 1. The van der Waals surface area contributed by atoms with Crippen LogP contribution in [0, 0.1) is 6.92 Å². The van der Waals surface area contributed by atoms with Gasteiger partial charge in [-0.1, -0.05) is 48.5 Å². The number of carbonyl (C=O) groups excluding carboxylic acids is 2. The molecule has 1 N–H and O–H groups in total. The van der Waals surface area contributed by atoms with Crippen molar-refractivity contribution in [3.05, 3.63) is 87.6 Å². The summed E-state index contributed by atoms with van der Waals surface area (Å²) in [7, 11) is 2.67. The molecule has 0 aliphatic carbocycles. The van der Waals surface area contributed by atoms with Crippen molar-refractivity contribution in [2.75, 3.05) is 14.2 Å². The first-order valence-corrected chi connectivity index (χ1v) is 11.7. The summed E-state index contributed by atoms with van der Waals surface area (Å²) in [6.45, 7) is 5.67. The first-order valence-electron chi connectivity index (χ1n) is 10.8. The first-order chi connectivity index (χ1) is 16.4. The fourth-order valence-electron chi connectivity index (χ4n) is 4.39. The van der Waals surface area contributed by atoms with Crippen molar-refractivity contribution in [1.82, 2.24) is 10.3 Å². The van der Waals surface area contributed by atoms with Gasteiger partial charge in [-0.25, -0.2) is 14.6 Å². The van der Waals surface area contributed by atoms with E-state index in [0.717, 1.165) is 33.0 Å². The van der Waals surface area contributed by atoms with E-state index in [1.807, 2.05) is 41.8 Å². The summed E-state index contributed by atoms with van der Waals surface area (Å²) in [6, 6.07) is 15.8. The second kappa shape index (κ2) is 9.65. The van der Waals surface area contributed by atoms with Gasteiger partial charge in [-0.2, -0.15) is 0 Å². The summed E-state index contributed by atoms with van der Waals surface area (Å²) in [5, 5.41) is 5.98. The maximum atomic E-state index is 12.9. The van der Waals surface area contributed by atoms with E-state index in [1.54, 1.807) is 13.8 Å². The molecule has 0 radical (unpaired) electrons. The van der Waals surface area contributed by atoms with Crippen molar-refractivity contribution >= 4 is 23.3 Å². The molecule has 0 unspecified atom stereocenters. The maximum Gasteiger partial charge on any atom is 0.336 e. The molecule has 0 spiro atoms.